The summed E-state index contributed by atoms with van der Waals surface area (Å²) < 4.78 is 25.9. The lowest BCUT2D eigenvalue weighted by Gasteiger charge is -2.30. The highest BCUT2D eigenvalue weighted by Crippen LogP contribution is 2.49. The topological polar surface area (TPSA) is 55.2 Å². The molecule has 2 aliphatic rings. The molecule has 3 aromatic carbocycles. The van der Waals surface area contributed by atoms with E-state index >= 15 is 0 Å². The van der Waals surface area contributed by atoms with Crippen LogP contribution in [0.4, 0.5) is 10.1 Å². The summed E-state index contributed by atoms with van der Waals surface area (Å²) in [6, 6.07) is 18.2. The predicted octanol–water partition coefficient (Wildman–Crippen LogP) is 6.95. The summed E-state index contributed by atoms with van der Waals surface area (Å²) in [6.45, 7) is 0.382. The van der Waals surface area contributed by atoms with Gasteiger partial charge in [-0.25, -0.2) is 4.39 Å². The molecule has 2 bridgehead atoms. The number of carbonyl (C=O) groups excluding carboxylic acids is 2. The van der Waals surface area contributed by atoms with Gasteiger partial charge >= 0.3 is 0 Å². The molecule has 6 rings (SSSR count). The number of halogens is 1. The van der Waals surface area contributed by atoms with E-state index in [0.717, 1.165) is 47.7 Å². The molecule has 2 fully saturated rings. The molecular formula is C33H32FN3O2. The first kappa shape index (κ1) is 24.0. The van der Waals surface area contributed by atoms with Gasteiger partial charge in [0.1, 0.15) is 5.82 Å². The van der Waals surface area contributed by atoms with Crippen LogP contribution in [-0.2, 0) is 23.2 Å². The van der Waals surface area contributed by atoms with Crippen LogP contribution in [0.2, 0.25) is 0 Å². The van der Waals surface area contributed by atoms with E-state index in [2.05, 4.69) is 11.2 Å². The number of nitrogens with zero attached hydrogens (tertiary/aromatic N) is 3. The van der Waals surface area contributed by atoms with Gasteiger partial charge in [-0.05, 0) is 96.7 Å². The number of ketones is 1. The molecular weight excluding hydrogens is 489 g/mol. The van der Waals surface area contributed by atoms with Crippen molar-refractivity contribution in [2.75, 3.05) is 4.90 Å². The van der Waals surface area contributed by atoms with Crippen molar-refractivity contribution in [1.29, 1.82) is 0 Å². The molecule has 198 valence electrons. The third kappa shape index (κ3) is 5.16. The van der Waals surface area contributed by atoms with Gasteiger partial charge in [0, 0.05) is 24.0 Å². The van der Waals surface area contributed by atoms with Crippen molar-refractivity contribution in [3.63, 3.8) is 0 Å². The van der Waals surface area contributed by atoms with Crippen molar-refractivity contribution in [3.05, 3.63) is 89.9 Å². The third-order valence-electron chi connectivity index (χ3n) is 8.25. The van der Waals surface area contributed by atoms with Crippen LogP contribution in [0.25, 0.3) is 28.1 Å². The molecule has 1 heterocycles. The van der Waals surface area contributed by atoms with E-state index in [0.29, 0.717) is 28.7 Å². The van der Waals surface area contributed by atoms with E-state index in [9.17, 15) is 15.4 Å². The lowest BCUT2D eigenvalue weighted by atomic mass is 9.87. The number of fused-ring (bicyclic) bond motifs is 3. The Balaban J connectivity index is 1.34. The second kappa shape index (κ2) is 10.3. The monoisotopic (exact) mass is 522 g/mol. The second-order valence-electron chi connectivity index (χ2n) is 11.0. The fraction of sp³-hybridized carbons (Fsp3) is 0.303. The van der Waals surface area contributed by atoms with Gasteiger partial charge in [0.25, 0.3) is 0 Å². The molecule has 1 amide bonds. The molecule has 6 heteroatoms. The molecule has 1 unspecified atom stereocenters. The highest BCUT2D eigenvalue weighted by Gasteiger charge is 2.44. The average molecular weight is 523 g/mol. The molecule has 39 heavy (non-hydrogen) atoms. The largest absolute Gasteiger partial charge is 0.308 e. The Bertz CT molecular complexity index is 1630. The third-order valence-corrected chi connectivity index (χ3v) is 8.25. The zero-order chi connectivity index (χ0) is 28.0. The van der Waals surface area contributed by atoms with Gasteiger partial charge in [0.15, 0.2) is 5.78 Å². The van der Waals surface area contributed by atoms with Gasteiger partial charge in [0.2, 0.25) is 5.91 Å². The van der Waals surface area contributed by atoms with E-state index in [-0.39, 0.29) is 17.6 Å². The number of rotatable bonds is 7. The van der Waals surface area contributed by atoms with Crippen LogP contribution in [0.15, 0.2) is 72.9 Å². The lowest BCUT2D eigenvalue weighted by Crippen LogP contribution is -2.38. The fourth-order valence-electron chi connectivity index (χ4n) is 6.29. The molecule has 2 aliphatic carbocycles. The standard InChI is InChI=1S/C33H32FN3O2/c1-21(38)3-4-24-14-29(34)18-30(15-24)37(33(39)31-16-23-7-10-27(31)13-23)20-22-5-8-25(9-6-22)26-11-12-32-28(17-26)19-35-36(32)2/h3-6,8-9,11-12,14-15,17-19,23,27,31H,7,10,13,16,20H2,1-2H3/b4-3+/t23-,27+,31-/m1/s1/i20D/t20?,23-,27+,31-. The minimum Gasteiger partial charge on any atom is -0.308 e. The van der Waals surface area contributed by atoms with Gasteiger partial charge in [-0.2, -0.15) is 5.10 Å². The van der Waals surface area contributed by atoms with Crippen molar-refractivity contribution in [2.45, 2.75) is 39.1 Å². The number of hydrogen-bond donors (Lipinski definition) is 0. The van der Waals surface area contributed by atoms with Crippen molar-refractivity contribution < 1.29 is 15.4 Å². The van der Waals surface area contributed by atoms with E-state index in [1.807, 2.05) is 54.3 Å². The smallest absolute Gasteiger partial charge is 0.230 e. The Labute approximate surface area is 229 Å². The van der Waals surface area contributed by atoms with Crippen molar-refractivity contribution in [2.24, 2.45) is 24.8 Å². The van der Waals surface area contributed by atoms with Gasteiger partial charge in [-0.3, -0.25) is 14.3 Å². The normalized spacial score (nSPS) is 21.4. The summed E-state index contributed by atoms with van der Waals surface area (Å²) in [7, 11) is 1.91. The number of hydrogen-bond acceptors (Lipinski definition) is 3. The number of benzene rings is 3. The van der Waals surface area contributed by atoms with Crippen molar-refractivity contribution in [3.8, 4) is 11.1 Å². The predicted molar refractivity (Wildman–Crippen MR) is 152 cm³/mol. The Hall–Kier alpha value is -4.06. The maximum atomic E-state index is 14.8. The SMILES string of the molecule is [2H]C(c1ccc(-c2ccc3c(cnn3C)c2)cc1)N(C(=O)[C@@H]1C[C@@H]2CC[C@H]1C2)c1cc(F)cc(/C=C/C(C)=O)c1. The maximum Gasteiger partial charge on any atom is 0.230 e. The first-order valence-corrected chi connectivity index (χ1v) is 13.5. The number of aryl methyl sites for hydroxylation is 1. The molecule has 0 spiro atoms. The Morgan fingerprint density at radius 1 is 1.08 bits per heavy atom. The Kier molecular flexibility index (Phi) is 6.31. The number of aromatic nitrogens is 2. The van der Waals surface area contributed by atoms with Crippen LogP contribution in [0, 0.1) is 23.6 Å². The van der Waals surface area contributed by atoms with Crippen LogP contribution in [0.3, 0.4) is 0 Å². The maximum absolute atomic E-state index is 14.8. The van der Waals surface area contributed by atoms with E-state index < -0.39 is 12.3 Å². The summed E-state index contributed by atoms with van der Waals surface area (Å²) in [5.74, 6) is -0.0609. The molecule has 0 radical (unpaired) electrons. The number of amides is 1. The first-order chi connectivity index (χ1) is 19.3. The Morgan fingerprint density at radius 3 is 2.59 bits per heavy atom. The summed E-state index contributed by atoms with van der Waals surface area (Å²) in [5.41, 5.74) is 4.54. The zero-order valence-electron chi connectivity index (χ0n) is 23.2. The molecule has 0 N–H and O–H groups in total. The molecule has 5 nitrogen and oxygen atoms in total. The minimum absolute atomic E-state index is 0.120. The van der Waals surface area contributed by atoms with Crippen LogP contribution in [-0.4, -0.2) is 21.5 Å². The molecule has 4 atom stereocenters. The minimum atomic E-state index is -1.05. The Morgan fingerprint density at radius 2 is 1.87 bits per heavy atom. The highest BCUT2D eigenvalue weighted by atomic mass is 19.1. The first-order valence-electron chi connectivity index (χ1n) is 14.1. The summed E-state index contributed by atoms with van der Waals surface area (Å²) in [6.07, 6.45) is 8.83. The van der Waals surface area contributed by atoms with Crippen LogP contribution >= 0.6 is 0 Å². The molecule has 4 aromatic rings. The number of allylic oxidation sites excluding steroid dienone is 1. The summed E-state index contributed by atoms with van der Waals surface area (Å²) in [4.78, 5) is 27.0. The van der Waals surface area contributed by atoms with Crippen molar-refractivity contribution >= 4 is 34.4 Å². The van der Waals surface area contributed by atoms with Gasteiger partial charge < -0.3 is 4.90 Å². The van der Waals surface area contributed by atoms with Crippen LogP contribution in [0.5, 0.6) is 0 Å². The molecule has 0 aliphatic heterocycles. The number of anilines is 1. The number of carbonyl (C=O) groups is 2. The quantitative estimate of drug-likeness (QED) is 0.247. The zero-order valence-corrected chi connectivity index (χ0v) is 22.2. The van der Waals surface area contributed by atoms with Gasteiger partial charge in [-0.15, -0.1) is 0 Å². The second-order valence-corrected chi connectivity index (χ2v) is 11.0. The van der Waals surface area contributed by atoms with E-state index in [1.165, 1.54) is 30.0 Å². The fourth-order valence-corrected chi connectivity index (χ4v) is 6.29. The molecule has 2 saturated carbocycles. The lowest BCUT2D eigenvalue weighted by molar-refractivity contribution is -0.124. The average Bonchev–Trinajstić information content (AvgIpc) is 3.68. The van der Waals surface area contributed by atoms with Crippen LogP contribution < -0.4 is 4.90 Å². The van der Waals surface area contributed by atoms with E-state index in [1.54, 1.807) is 12.1 Å². The summed E-state index contributed by atoms with van der Waals surface area (Å²) in [5, 5.41) is 5.37. The molecule has 0 saturated heterocycles. The van der Waals surface area contributed by atoms with Crippen LogP contribution in [0.1, 0.15) is 45.1 Å². The van der Waals surface area contributed by atoms with E-state index in [4.69, 9.17) is 0 Å². The van der Waals surface area contributed by atoms with Crippen molar-refractivity contribution in [1.82, 2.24) is 9.78 Å². The van der Waals surface area contributed by atoms with Gasteiger partial charge in [-0.1, -0.05) is 42.8 Å². The summed E-state index contributed by atoms with van der Waals surface area (Å²) >= 11 is 0. The highest BCUT2D eigenvalue weighted by molar-refractivity contribution is 5.96. The van der Waals surface area contributed by atoms with Gasteiger partial charge in [0.05, 0.1) is 19.6 Å². The molecule has 1 aromatic heterocycles.